The number of ether oxygens (including phenoxy) is 2. The van der Waals surface area contributed by atoms with Gasteiger partial charge in [0.15, 0.2) is 17.3 Å². The van der Waals surface area contributed by atoms with Gasteiger partial charge in [0.2, 0.25) is 0 Å². The van der Waals surface area contributed by atoms with Crippen molar-refractivity contribution >= 4 is 33.5 Å². The molecule has 0 spiro atoms. The Bertz CT molecular complexity index is 752. The number of halogens is 1. The van der Waals surface area contributed by atoms with Crippen molar-refractivity contribution in [2.75, 3.05) is 33.2 Å². The second-order valence-electron chi connectivity index (χ2n) is 5.37. The third-order valence-electron chi connectivity index (χ3n) is 3.58. The first-order valence-corrected chi connectivity index (χ1v) is 8.17. The molecule has 2 aromatic carbocycles. The molecule has 0 aliphatic rings. The van der Waals surface area contributed by atoms with Gasteiger partial charge in [-0.05, 0) is 51.8 Å². The van der Waals surface area contributed by atoms with Crippen LogP contribution in [0.25, 0.3) is 6.08 Å². The van der Waals surface area contributed by atoms with Gasteiger partial charge in [0, 0.05) is 29.8 Å². The fourth-order valence-corrected chi connectivity index (χ4v) is 2.71. The number of allylic oxidation sites excluding steroid dienone is 1. The Hall–Kier alpha value is -2.27. The number of carbonyl (C=O) groups excluding carboxylic acids is 1. The lowest BCUT2D eigenvalue weighted by Crippen LogP contribution is -2.07. The lowest BCUT2D eigenvalue weighted by atomic mass is 10.1. The highest BCUT2D eigenvalue weighted by atomic mass is 79.9. The minimum absolute atomic E-state index is 0.112. The van der Waals surface area contributed by atoms with Crippen LogP contribution in [0.3, 0.4) is 0 Å². The lowest BCUT2D eigenvalue weighted by molar-refractivity contribution is 0.104. The molecule has 0 aromatic heterocycles. The Morgan fingerprint density at radius 2 is 1.62 bits per heavy atom. The summed E-state index contributed by atoms with van der Waals surface area (Å²) in [6.07, 6.45) is 3.35. The van der Waals surface area contributed by atoms with Crippen LogP contribution in [0.5, 0.6) is 11.5 Å². The Morgan fingerprint density at radius 1 is 1.04 bits per heavy atom. The van der Waals surface area contributed by atoms with Crippen LogP contribution in [0, 0.1) is 0 Å². The molecule has 0 heterocycles. The molecule has 0 radical (unpaired) electrons. The maximum absolute atomic E-state index is 12.5. The van der Waals surface area contributed by atoms with Gasteiger partial charge in [-0.2, -0.15) is 0 Å². The smallest absolute Gasteiger partial charge is 0.187 e. The molecular formula is C19H20BrNO3. The SMILES string of the molecule is COc1cc(Br)c(C(=O)/C=C/c2ccc(N(C)C)cc2)cc1OC. The standard InChI is InChI=1S/C19H20BrNO3/c1-21(2)14-8-5-13(6-9-14)7-10-17(22)15-11-18(23-3)19(24-4)12-16(15)20/h5-12H,1-4H3/b10-7+. The van der Waals surface area contributed by atoms with E-state index in [2.05, 4.69) is 15.9 Å². The topological polar surface area (TPSA) is 38.8 Å². The van der Waals surface area contributed by atoms with E-state index in [-0.39, 0.29) is 5.78 Å². The monoisotopic (exact) mass is 389 g/mol. The van der Waals surface area contributed by atoms with Crippen LogP contribution < -0.4 is 14.4 Å². The Labute approximate surface area is 150 Å². The van der Waals surface area contributed by atoms with E-state index >= 15 is 0 Å². The summed E-state index contributed by atoms with van der Waals surface area (Å²) in [7, 11) is 7.08. The zero-order valence-electron chi connectivity index (χ0n) is 14.2. The van der Waals surface area contributed by atoms with Gasteiger partial charge in [-0.25, -0.2) is 0 Å². The average Bonchev–Trinajstić information content (AvgIpc) is 2.59. The van der Waals surface area contributed by atoms with E-state index in [1.807, 2.05) is 43.3 Å². The van der Waals surface area contributed by atoms with E-state index in [4.69, 9.17) is 9.47 Å². The normalized spacial score (nSPS) is 10.7. The quantitative estimate of drug-likeness (QED) is 0.541. The predicted octanol–water partition coefficient (Wildman–Crippen LogP) is 4.43. The van der Waals surface area contributed by atoms with Crippen molar-refractivity contribution in [3.8, 4) is 11.5 Å². The van der Waals surface area contributed by atoms with E-state index in [0.717, 1.165) is 11.3 Å². The first kappa shape index (κ1) is 18.1. The summed E-state index contributed by atoms with van der Waals surface area (Å²) < 4.78 is 11.1. The van der Waals surface area contributed by atoms with Crippen molar-refractivity contribution in [1.29, 1.82) is 0 Å². The molecule has 2 aromatic rings. The highest BCUT2D eigenvalue weighted by Gasteiger charge is 2.13. The number of hydrogen-bond acceptors (Lipinski definition) is 4. The molecule has 0 aliphatic carbocycles. The number of anilines is 1. The van der Waals surface area contributed by atoms with Crippen LogP contribution in [0.15, 0.2) is 46.9 Å². The summed E-state index contributed by atoms with van der Waals surface area (Å²) >= 11 is 3.41. The molecular weight excluding hydrogens is 370 g/mol. The average molecular weight is 390 g/mol. The number of hydrogen-bond donors (Lipinski definition) is 0. The maximum atomic E-state index is 12.5. The largest absolute Gasteiger partial charge is 0.493 e. The number of methoxy groups -OCH3 is 2. The van der Waals surface area contributed by atoms with Crippen LogP contribution in [-0.4, -0.2) is 34.1 Å². The predicted molar refractivity (Wildman–Crippen MR) is 101 cm³/mol. The fraction of sp³-hybridized carbons (Fsp3) is 0.211. The van der Waals surface area contributed by atoms with Gasteiger partial charge in [-0.1, -0.05) is 18.2 Å². The first-order valence-electron chi connectivity index (χ1n) is 7.37. The number of carbonyl (C=O) groups is 1. The van der Waals surface area contributed by atoms with Crippen LogP contribution in [0.2, 0.25) is 0 Å². The minimum Gasteiger partial charge on any atom is -0.493 e. The first-order chi connectivity index (χ1) is 11.5. The van der Waals surface area contributed by atoms with Gasteiger partial charge < -0.3 is 14.4 Å². The van der Waals surface area contributed by atoms with Gasteiger partial charge in [-0.3, -0.25) is 4.79 Å². The highest BCUT2D eigenvalue weighted by molar-refractivity contribution is 9.10. The molecule has 0 saturated heterocycles. The van der Waals surface area contributed by atoms with E-state index < -0.39 is 0 Å². The van der Waals surface area contributed by atoms with Crippen LogP contribution in [-0.2, 0) is 0 Å². The summed E-state index contributed by atoms with van der Waals surface area (Å²) in [6.45, 7) is 0. The fourth-order valence-electron chi connectivity index (χ4n) is 2.19. The van der Waals surface area contributed by atoms with Crippen molar-refractivity contribution in [1.82, 2.24) is 0 Å². The van der Waals surface area contributed by atoms with Crippen LogP contribution in [0.4, 0.5) is 5.69 Å². The molecule has 126 valence electrons. The highest BCUT2D eigenvalue weighted by Crippen LogP contribution is 2.33. The van der Waals surface area contributed by atoms with E-state index in [1.165, 1.54) is 0 Å². The molecule has 0 N–H and O–H groups in total. The molecule has 24 heavy (non-hydrogen) atoms. The van der Waals surface area contributed by atoms with Crippen molar-refractivity contribution in [2.45, 2.75) is 0 Å². The zero-order valence-corrected chi connectivity index (χ0v) is 15.8. The van der Waals surface area contributed by atoms with Gasteiger partial charge in [-0.15, -0.1) is 0 Å². The van der Waals surface area contributed by atoms with Crippen molar-refractivity contribution in [2.24, 2.45) is 0 Å². The van der Waals surface area contributed by atoms with Crippen molar-refractivity contribution in [3.05, 3.63) is 58.1 Å². The summed E-state index contributed by atoms with van der Waals surface area (Å²) in [5.74, 6) is 0.983. The van der Waals surface area contributed by atoms with Gasteiger partial charge in [0.05, 0.1) is 14.2 Å². The molecule has 4 nitrogen and oxygen atoms in total. The van der Waals surface area contributed by atoms with Gasteiger partial charge in [0.1, 0.15) is 0 Å². The summed E-state index contributed by atoms with van der Waals surface area (Å²) in [6, 6.07) is 11.4. The second kappa shape index (κ2) is 8.02. The Morgan fingerprint density at radius 3 is 2.17 bits per heavy atom. The molecule has 2 rings (SSSR count). The third kappa shape index (κ3) is 4.17. The van der Waals surface area contributed by atoms with Gasteiger partial charge in [0.25, 0.3) is 0 Å². The summed E-state index contributed by atoms with van der Waals surface area (Å²) in [4.78, 5) is 14.5. The maximum Gasteiger partial charge on any atom is 0.187 e. The number of ketones is 1. The van der Waals surface area contributed by atoms with Crippen molar-refractivity contribution < 1.29 is 14.3 Å². The van der Waals surface area contributed by atoms with Gasteiger partial charge >= 0.3 is 0 Å². The number of benzene rings is 2. The molecule has 0 aliphatic heterocycles. The molecule has 0 atom stereocenters. The molecule has 0 amide bonds. The third-order valence-corrected chi connectivity index (χ3v) is 4.23. The van der Waals surface area contributed by atoms with Crippen LogP contribution >= 0.6 is 15.9 Å². The second-order valence-corrected chi connectivity index (χ2v) is 6.22. The van der Waals surface area contributed by atoms with E-state index in [0.29, 0.717) is 21.5 Å². The summed E-state index contributed by atoms with van der Waals surface area (Å²) in [5, 5.41) is 0. The van der Waals surface area contributed by atoms with E-state index in [1.54, 1.807) is 38.5 Å². The Kier molecular flexibility index (Phi) is 6.04. The zero-order chi connectivity index (χ0) is 17.7. The van der Waals surface area contributed by atoms with Crippen LogP contribution in [0.1, 0.15) is 15.9 Å². The minimum atomic E-state index is -0.112. The Balaban J connectivity index is 2.23. The molecule has 0 bridgehead atoms. The number of rotatable bonds is 6. The lowest BCUT2D eigenvalue weighted by Gasteiger charge is -2.11. The molecule has 0 fully saturated rings. The van der Waals surface area contributed by atoms with Crippen molar-refractivity contribution in [3.63, 3.8) is 0 Å². The molecule has 0 saturated carbocycles. The molecule has 0 unspecified atom stereocenters. The summed E-state index contributed by atoms with van der Waals surface area (Å²) in [5.41, 5.74) is 2.60. The number of nitrogens with zero attached hydrogens (tertiary/aromatic N) is 1. The van der Waals surface area contributed by atoms with E-state index in [9.17, 15) is 4.79 Å². The molecule has 5 heteroatoms.